The molecule has 2 aromatic rings. The van der Waals surface area contributed by atoms with Crippen LogP contribution in [0.5, 0.6) is 11.5 Å². The first-order chi connectivity index (χ1) is 10.8. The highest BCUT2D eigenvalue weighted by Gasteiger charge is 2.13. The molecule has 0 bridgehead atoms. The van der Waals surface area contributed by atoms with Crippen molar-refractivity contribution >= 4 is 28.9 Å². The quantitative estimate of drug-likeness (QED) is 0.856. The van der Waals surface area contributed by atoms with Gasteiger partial charge in [0.05, 0.1) is 24.9 Å². The third-order valence-electron chi connectivity index (χ3n) is 2.91. The van der Waals surface area contributed by atoms with Gasteiger partial charge in [0, 0.05) is 23.7 Å². The van der Waals surface area contributed by atoms with Crippen LogP contribution < -0.4 is 20.1 Å². The first-order valence-corrected chi connectivity index (χ1v) is 7.49. The fourth-order valence-corrected chi connectivity index (χ4v) is 2.21. The fraction of sp³-hybridized carbons (Fsp3) is 0.375. The molecule has 124 valence electrons. The summed E-state index contributed by atoms with van der Waals surface area (Å²) >= 11 is 6.11. The van der Waals surface area contributed by atoms with Crippen molar-refractivity contribution in [3.63, 3.8) is 0 Å². The number of nitrogens with one attached hydrogen (secondary N) is 2. The van der Waals surface area contributed by atoms with Gasteiger partial charge < -0.3 is 20.1 Å². The number of aromatic nitrogens is 2. The van der Waals surface area contributed by atoms with Crippen molar-refractivity contribution in [2.45, 2.75) is 26.3 Å². The molecule has 0 amide bonds. The minimum absolute atomic E-state index is 0.0905. The van der Waals surface area contributed by atoms with Crippen LogP contribution in [0.2, 0.25) is 5.02 Å². The second-order valence-electron chi connectivity index (χ2n) is 5.98. The van der Waals surface area contributed by atoms with Crippen molar-refractivity contribution < 1.29 is 9.47 Å². The molecule has 2 rings (SSSR count). The number of ether oxygens (including phenoxy) is 2. The smallest absolute Gasteiger partial charge is 0.144 e. The molecule has 1 heterocycles. The topological polar surface area (TPSA) is 68.3 Å². The summed E-state index contributed by atoms with van der Waals surface area (Å²) in [5, 5.41) is 6.98. The maximum atomic E-state index is 6.11. The third kappa shape index (κ3) is 4.63. The van der Waals surface area contributed by atoms with E-state index in [1.165, 1.54) is 6.33 Å². The number of methoxy groups -OCH3 is 2. The van der Waals surface area contributed by atoms with Gasteiger partial charge in [-0.15, -0.1) is 0 Å². The molecule has 0 saturated carbocycles. The predicted octanol–water partition coefficient (Wildman–Crippen LogP) is 4.10. The molecule has 0 atom stereocenters. The SMILES string of the molecule is COc1cc(Nc2cc(NC(C)(C)C)ncn2)c(OC)cc1Cl. The van der Waals surface area contributed by atoms with Gasteiger partial charge in [0.25, 0.3) is 0 Å². The lowest BCUT2D eigenvalue weighted by Crippen LogP contribution is -2.26. The highest BCUT2D eigenvalue weighted by molar-refractivity contribution is 6.32. The molecule has 7 heteroatoms. The Morgan fingerprint density at radius 2 is 1.61 bits per heavy atom. The van der Waals surface area contributed by atoms with Crippen molar-refractivity contribution in [2.75, 3.05) is 24.9 Å². The molecule has 6 nitrogen and oxygen atoms in total. The summed E-state index contributed by atoms with van der Waals surface area (Å²) in [7, 11) is 3.14. The minimum Gasteiger partial charge on any atom is -0.495 e. The highest BCUT2D eigenvalue weighted by Crippen LogP contribution is 2.37. The molecule has 2 N–H and O–H groups in total. The maximum Gasteiger partial charge on any atom is 0.144 e. The highest BCUT2D eigenvalue weighted by atomic mass is 35.5. The van der Waals surface area contributed by atoms with E-state index in [9.17, 15) is 0 Å². The largest absolute Gasteiger partial charge is 0.495 e. The minimum atomic E-state index is -0.0905. The van der Waals surface area contributed by atoms with E-state index in [4.69, 9.17) is 21.1 Å². The number of halogens is 1. The first kappa shape index (κ1) is 17.1. The second-order valence-corrected chi connectivity index (χ2v) is 6.38. The van der Waals surface area contributed by atoms with E-state index < -0.39 is 0 Å². The Morgan fingerprint density at radius 1 is 0.957 bits per heavy atom. The van der Waals surface area contributed by atoms with Crippen LogP contribution in [-0.2, 0) is 0 Å². The molecule has 1 aromatic heterocycles. The summed E-state index contributed by atoms with van der Waals surface area (Å²) in [5.41, 5.74) is 0.612. The Hall–Kier alpha value is -2.21. The van der Waals surface area contributed by atoms with Crippen molar-refractivity contribution in [2.24, 2.45) is 0 Å². The Morgan fingerprint density at radius 3 is 2.22 bits per heavy atom. The van der Waals surface area contributed by atoms with Crippen LogP contribution in [0, 0.1) is 0 Å². The van der Waals surface area contributed by atoms with Crippen LogP contribution in [0.15, 0.2) is 24.5 Å². The number of hydrogen-bond donors (Lipinski definition) is 2. The van der Waals surface area contributed by atoms with Gasteiger partial charge in [-0.1, -0.05) is 11.6 Å². The van der Waals surface area contributed by atoms with Crippen molar-refractivity contribution in [3.8, 4) is 11.5 Å². The van der Waals surface area contributed by atoms with Crippen molar-refractivity contribution in [3.05, 3.63) is 29.5 Å². The van der Waals surface area contributed by atoms with E-state index in [2.05, 4.69) is 41.4 Å². The zero-order valence-electron chi connectivity index (χ0n) is 13.9. The number of anilines is 3. The summed E-state index contributed by atoms with van der Waals surface area (Å²) in [4.78, 5) is 8.44. The van der Waals surface area contributed by atoms with Crippen LogP contribution >= 0.6 is 11.6 Å². The maximum absolute atomic E-state index is 6.11. The molecule has 0 aliphatic carbocycles. The van der Waals surface area contributed by atoms with Gasteiger partial charge in [-0.25, -0.2) is 9.97 Å². The summed E-state index contributed by atoms with van der Waals surface area (Å²) < 4.78 is 10.6. The van der Waals surface area contributed by atoms with Crippen LogP contribution in [0.4, 0.5) is 17.3 Å². The predicted molar refractivity (Wildman–Crippen MR) is 93.2 cm³/mol. The van der Waals surface area contributed by atoms with E-state index in [-0.39, 0.29) is 5.54 Å². The first-order valence-electron chi connectivity index (χ1n) is 7.11. The molecule has 0 aliphatic rings. The standard InChI is InChI=1S/C16H21ClN4O2/c1-16(2,3)21-15-8-14(18-9-19-15)20-11-7-12(22-4)10(17)6-13(11)23-5/h6-9H,1-5H3,(H2,18,19,20,21). The van der Waals surface area contributed by atoms with Crippen LogP contribution in [0.3, 0.4) is 0 Å². The summed E-state index contributed by atoms with van der Waals surface area (Å²) in [5.74, 6) is 2.51. The number of hydrogen-bond acceptors (Lipinski definition) is 6. The molecule has 0 unspecified atom stereocenters. The molecular weight excluding hydrogens is 316 g/mol. The van der Waals surface area contributed by atoms with Crippen molar-refractivity contribution in [1.29, 1.82) is 0 Å². The van der Waals surface area contributed by atoms with Gasteiger partial charge in [0.15, 0.2) is 0 Å². The van der Waals surface area contributed by atoms with E-state index in [1.54, 1.807) is 26.4 Å². The zero-order chi connectivity index (χ0) is 17.0. The summed E-state index contributed by atoms with van der Waals surface area (Å²) in [6.45, 7) is 6.19. The molecule has 23 heavy (non-hydrogen) atoms. The lowest BCUT2D eigenvalue weighted by Gasteiger charge is -2.21. The third-order valence-corrected chi connectivity index (χ3v) is 3.20. The number of benzene rings is 1. The molecule has 0 fully saturated rings. The monoisotopic (exact) mass is 336 g/mol. The average Bonchev–Trinajstić information content (AvgIpc) is 2.47. The normalized spacial score (nSPS) is 11.0. The average molecular weight is 337 g/mol. The molecule has 0 spiro atoms. The second kappa shape index (κ2) is 6.91. The van der Waals surface area contributed by atoms with Gasteiger partial charge in [0.2, 0.25) is 0 Å². The summed E-state index contributed by atoms with van der Waals surface area (Å²) in [6.07, 6.45) is 1.50. The molecule has 0 aliphatic heterocycles. The van der Waals surface area contributed by atoms with Gasteiger partial charge >= 0.3 is 0 Å². The van der Waals surface area contributed by atoms with Crippen molar-refractivity contribution in [1.82, 2.24) is 9.97 Å². The van der Waals surface area contributed by atoms with Crippen LogP contribution in [0.25, 0.3) is 0 Å². The van der Waals surface area contributed by atoms with Gasteiger partial charge in [-0.05, 0) is 20.8 Å². The van der Waals surface area contributed by atoms with Gasteiger partial charge in [-0.2, -0.15) is 0 Å². The lowest BCUT2D eigenvalue weighted by molar-refractivity contribution is 0.405. The Labute approximate surface area is 141 Å². The zero-order valence-corrected chi connectivity index (χ0v) is 14.7. The fourth-order valence-electron chi connectivity index (χ4n) is 1.97. The summed E-state index contributed by atoms with van der Waals surface area (Å²) in [6, 6.07) is 5.28. The lowest BCUT2D eigenvalue weighted by atomic mass is 10.1. The van der Waals surface area contributed by atoms with Crippen LogP contribution in [-0.4, -0.2) is 29.7 Å². The number of nitrogens with zero attached hydrogens (tertiary/aromatic N) is 2. The Bertz CT molecular complexity index is 686. The van der Waals surface area contributed by atoms with E-state index in [1.807, 2.05) is 6.07 Å². The molecular formula is C16H21ClN4O2. The van der Waals surface area contributed by atoms with E-state index in [0.29, 0.717) is 28.0 Å². The Kier molecular flexibility index (Phi) is 5.15. The van der Waals surface area contributed by atoms with Gasteiger partial charge in [-0.3, -0.25) is 0 Å². The van der Waals surface area contributed by atoms with E-state index in [0.717, 1.165) is 5.82 Å². The molecule has 0 radical (unpaired) electrons. The number of rotatable bonds is 5. The molecule has 1 aromatic carbocycles. The Balaban J connectivity index is 2.30. The van der Waals surface area contributed by atoms with Crippen LogP contribution in [0.1, 0.15) is 20.8 Å². The molecule has 0 saturated heterocycles. The van der Waals surface area contributed by atoms with E-state index >= 15 is 0 Å². The van der Waals surface area contributed by atoms with Gasteiger partial charge in [0.1, 0.15) is 29.5 Å².